The Morgan fingerprint density at radius 3 is 2.85 bits per heavy atom. The molecule has 0 unspecified atom stereocenters. The lowest BCUT2D eigenvalue weighted by atomic mass is 10.1. The van der Waals surface area contributed by atoms with Crippen LogP contribution in [0.4, 0.5) is 5.69 Å². The van der Waals surface area contributed by atoms with E-state index >= 15 is 0 Å². The van der Waals surface area contributed by atoms with Crippen molar-refractivity contribution in [2.24, 2.45) is 7.05 Å². The standard InChI is InChI=1S/C16H18N4/c1-12-11-16(14-5-3-4-6-15(14)19-12)17-9-7-13-8-10-18-20(13)2/h3-6,8,10-11H,7,9H2,1-2H3,(H,17,19). The molecule has 2 heterocycles. The number of aryl methyl sites for hydroxylation is 2. The lowest BCUT2D eigenvalue weighted by molar-refractivity contribution is 0.711. The summed E-state index contributed by atoms with van der Waals surface area (Å²) < 4.78 is 1.91. The van der Waals surface area contributed by atoms with Crippen molar-refractivity contribution in [3.63, 3.8) is 0 Å². The van der Waals surface area contributed by atoms with E-state index < -0.39 is 0 Å². The van der Waals surface area contributed by atoms with Crippen LogP contribution in [0.5, 0.6) is 0 Å². The Morgan fingerprint density at radius 1 is 1.20 bits per heavy atom. The molecule has 3 aromatic rings. The molecule has 2 aromatic heterocycles. The number of para-hydroxylation sites is 1. The summed E-state index contributed by atoms with van der Waals surface area (Å²) in [6, 6.07) is 12.4. The monoisotopic (exact) mass is 266 g/mol. The van der Waals surface area contributed by atoms with Crippen molar-refractivity contribution in [1.82, 2.24) is 14.8 Å². The van der Waals surface area contributed by atoms with Gasteiger partial charge in [0.05, 0.1) is 5.52 Å². The maximum atomic E-state index is 4.55. The van der Waals surface area contributed by atoms with Gasteiger partial charge in [0.2, 0.25) is 0 Å². The molecule has 4 heteroatoms. The normalized spacial score (nSPS) is 10.9. The van der Waals surface area contributed by atoms with E-state index in [9.17, 15) is 0 Å². The van der Waals surface area contributed by atoms with Crippen molar-refractivity contribution in [1.29, 1.82) is 0 Å². The predicted octanol–water partition coefficient (Wildman–Crippen LogP) is 2.93. The Bertz CT molecular complexity index is 730. The molecule has 0 radical (unpaired) electrons. The fourth-order valence-electron chi connectivity index (χ4n) is 2.43. The van der Waals surface area contributed by atoms with Gasteiger partial charge >= 0.3 is 0 Å². The summed E-state index contributed by atoms with van der Waals surface area (Å²) in [7, 11) is 1.97. The van der Waals surface area contributed by atoms with Crippen LogP contribution in [0.2, 0.25) is 0 Å². The molecule has 3 rings (SSSR count). The van der Waals surface area contributed by atoms with E-state index in [4.69, 9.17) is 0 Å². The minimum absolute atomic E-state index is 0.882. The fourth-order valence-corrected chi connectivity index (χ4v) is 2.43. The van der Waals surface area contributed by atoms with E-state index in [-0.39, 0.29) is 0 Å². The molecule has 0 saturated heterocycles. The van der Waals surface area contributed by atoms with Gasteiger partial charge in [-0.2, -0.15) is 5.10 Å². The first-order chi connectivity index (χ1) is 9.74. The van der Waals surface area contributed by atoms with Gasteiger partial charge in [-0.1, -0.05) is 18.2 Å². The number of pyridine rings is 1. The molecule has 20 heavy (non-hydrogen) atoms. The van der Waals surface area contributed by atoms with Crippen LogP contribution >= 0.6 is 0 Å². The highest BCUT2D eigenvalue weighted by Gasteiger charge is 2.04. The topological polar surface area (TPSA) is 42.7 Å². The Labute approximate surface area is 118 Å². The SMILES string of the molecule is Cc1cc(NCCc2ccnn2C)c2ccccc2n1. The van der Waals surface area contributed by atoms with Crippen molar-refractivity contribution in [2.45, 2.75) is 13.3 Å². The molecule has 0 aliphatic carbocycles. The molecular weight excluding hydrogens is 248 g/mol. The van der Waals surface area contributed by atoms with E-state index in [0.717, 1.165) is 29.9 Å². The van der Waals surface area contributed by atoms with Gasteiger partial charge in [-0.15, -0.1) is 0 Å². The van der Waals surface area contributed by atoms with Crippen LogP contribution in [0.1, 0.15) is 11.4 Å². The largest absolute Gasteiger partial charge is 0.384 e. The minimum Gasteiger partial charge on any atom is -0.384 e. The van der Waals surface area contributed by atoms with Gasteiger partial charge in [0.25, 0.3) is 0 Å². The van der Waals surface area contributed by atoms with Crippen LogP contribution in [0.25, 0.3) is 10.9 Å². The lowest BCUT2D eigenvalue weighted by Gasteiger charge is -2.10. The Hall–Kier alpha value is -2.36. The van der Waals surface area contributed by atoms with E-state index in [2.05, 4.69) is 39.7 Å². The molecule has 1 aromatic carbocycles. The van der Waals surface area contributed by atoms with Crippen LogP contribution in [0.3, 0.4) is 0 Å². The molecule has 0 saturated carbocycles. The van der Waals surface area contributed by atoms with Crippen molar-refractivity contribution in [3.05, 3.63) is 54.0 Å². The first kappa shape index (κ1) is 12.7. The zero-order valence-corrected chi connectivity index (χ0v) is 11.8. The lowest BCUT2D eigenvalue weighted by Crippen LogP contribution is -2.09. The van der Waals surface area contributed by atoms with Crippen LogP contribution in [-0.4, -0.2) is 21.3 Å². The van der Waals surface area contributed by atoms with Crippen LogP contribution in [-0.2, 0) is 13.5 Å². The third-order valence-electron chi connectivity index (χ3n) is 3.46. The summed E-state index contributed by atoms with van der Waals surface area (Å²) >= 11 is 0. The number of aromatic nitrogens is 3. The molecule has 0 spiro atoms. The van der Waals surface area contributed by atoms with Gasteiger partial charge < -0.3 is 5.32 Å². The smallest absolute Gasteiger partial charge is 0.0725 e. The number of fused-ring (bicyclic) bond motifs is 1. The van der Waals surface area contributed by atoms with Crippen LogP contribution < -0.4 is 5.32 Å². The molecule has 0 fully saturated rings. The second-order valence-electron chi connectivity index (χ2n) is 4.95. The summed E-state index contributed by atoms with van der Waals surface area (Å²) in [5, 5.41) is 8.87. The van der Waals surface area contributed by atoms with E-state index in [1.807, 2.05) is 37.0 Å². The minimum atomic E-state index is 0.882. The molecule has 1 N–H and O–H groups in total. The van der Waals surface area contributed by atoms with Gasteiger partial charge in [-0.25, -0.2) is 0 Å². The molecule has 4 nitrogen and oxygen atoms in total. The van der Waals surface area contributed by atoms with E-state index in [0.29, 0.717) is 0 Å². The average molecular weight is 266 g/mol. The van der Waals surface area contributed by atoms with Gasteiger partial charge in [0.1, 0.15) is 0 Å². The Morgan fingerprint density at radius 2 is 2.05 bits per heavy atom. The molecule has 102 valence electrons. The fraction of sp³-hybridized carbons (Fsp3) is 0.250. The van der Waals surface area contributed by atoms with Crippen molar-refractivity contribution < 1.29 is 0 Å². The number of rotatable bonds is 4. The molecule has 0 aliphatic heterocycles. The number of hydrogen-bond donors (Lipinski definition) is 1. The molecule has 0 amide bonds. The van der Waals surface area contributed by atoms with Crippen LogP contribution in [0.15, 0.2) is 42.6 Å². The van der Waals surface area contributed by atoms with Crippen molar-refractivity contribution in [2.75, 3.05) is 11.9 Å². The zero-order valence-electron chi connectivity index (χ0n) is 11.8. The predicted molar refractivity (Wildman–Crippen MR) is 81.9 cm³/mol. The second kappa shape index (κ2) is 5.33. The van der Waals surface area contributed by atoms with Gasteiger partial charge in [-0.05, 0) is 25.1 Å². The maximum absolute atomic E-state index is 4.55. The number of nitrogens with zero attached hydrogens (tertiary/aromatic N) is 3. The number of hydrogen-bond acceptors (Lipinski definition) is 3. The van der Waals surface area contributed by atoms with Crippen LogP contribution in [0, 0.1) is 6.92 Å². The van der Waals surface area contributed by atoms with E-state index in [1.165, 1.54) is 11.1 Å². The Kier molecular flexibility index (Phi) is 3.37. The summed E-state index contributed by atoms with van der Waals surface area (Å²) in [6.45, 7) is 2.91. The van der Waals surface area contributed by atoms with Crippen molar-refractivity contribution >= 4 is 16.6 Å². The molecular formula is C16H18N4. The Balaban J connectivity index is 1.79. The first-order valence-electron chi connectivity index (χ1n) is 6.81. The third kappa shape index (κ3) is 2.50. The van der Waals surface area contributed by atoms with Gasteiger partial charge in [0, 0.05) is 48.7 Å². The summed E-state index contributed by atoms with van der Waals surface area (Å²) in [6.07, 6.45) is 2.79. The summed E-state index contributed by atoms with van der Waals surface area (Å²) in [5.74, 6) is 0. The van der Waals surface area contributed by atoms with Gasteiger partial charge in [-0.3, -0.25) is 9.67 Å². The quantitative estimate of drug-likeness (QED) is 0.789. The molecule has 0 aliphatic rings. The number of nitrogens with one attached hydrogen (secondary N) is 1. The maximum Gasteiger partial charge on any atom is 0.0725 e. The highest BCUT2D eigenvalue weighted by molar-refractivity contribution is 5.91. The van der Waals surface area contributed by atoms with Crippen molar-refractivity contribution in [3.8, 4) is 0 Å². The summed E-state index contributed by atoms with van der Waals surface area (Å²) in [5.41, 5.74) is 4.45. The zero-order chi connectivity index (χ0) is 13.9. The average Bonchev–Trinajstić information content (AvgIpc) is 2.84. The highest BCUT2D eigenvalue weighted by Crippen LogP contribution is 2.22. The molecule has 0 atom stereocenters. The van der Waals surface area contributed by atoms with E-state index in [1.54, 1.807) is 0 Å². The second-order valence-corrected chi connectivity index (χ2v) is 4.95. The third-order valence-corrected chi connectivity index (χ3v) is 3.46. The van der Waals surface area contributed by atoms with Gasteiger partial charge in [0.15, 0.2) is 0 Å². The number of benzene rings is 1. The summed E-state index contributed by atoms with van der Waals surface area (Å²) in [4.78, 5) is 4.55. The molecule has 0 bridgehead atoms. The highest BCUT2D eigenvalue weighted by atomic mass is 15.3. The number of anilines is 1. The first-order valence-corrected chi connectivity index (χ1v) is 6.81.